The summed E-state index contributed by atoms with van der Waals surface area (Å²) < 4.78 is 0. The second-order valence-corrected chi connectivity index (χ2v) is 2.47. The Balaban J connectivity index is 2.63. The summed E-state index contributed by atoms with van der Waals surface area (Å²) in [5.74, 6) is -0.0433. The maximum Gasteiger partial charge on any atom is 0.185 e. The summed E-state index contributed by atoms with van der Waals surface area (Å²) in [6.07, 6.45) is 0. The monoisotopic (exact) mass is 164 g/mol. The largest absolute Gasteiger partial charge is 0.398 e. The predicted octanol–water partition coefficient (Wildman–Crippen LogP) is 0.252. The van der Waals surface area contributed by atoms with Crippen LogP contribution in [0.3, 0.4) is 0 Å². The Morgan fingerprint density at radius 1 is 1.42 bits per heavy atom. The van der Waals surface area contributed by atoms with Gasteiger partial charge >= 0.3 is 0 Å². The van der Waals surface area contributed by atoms with Crippen molar-refractivity contribution in [1.29, 1.82) is 5.41 Å². The molecule has 4 nitrogen and oxygen atoms in total. The summed E-state index contributed by atoms with van der Waals surface area (Å²) in [6.45, 7) is 0.502. The van der Waals surface area contributed by atoms with Gasteiger partial charge in [0, 0.05) is 12.2 Å². The molecule has 0 saturated carbocycles. The van der Waals surface area contributed by atoms with E-state index in [1.807, 2.05) is 24.3 Å². The van der Waals surface area contributed by atoms with Crippen LogP contribution in [0.2, 0.25) is 0 Å². The van der Waals surface area contributed by atoms with Crippen molar-refractivity contribution in [2.45, 2.75) is 6.54 Å². The highest BCUT2D eigenvalue weighted by molar-refractivity contribution is 5.74. The van der Waals surface area contributed by atoms with E-state index in [0.717, 1.165) is 5.56 Å². The van der Waals surface area contributed by atoms with Gasteiger partial charge in [-0.2, -0.15) is 0 Å². The Morgan fingerprint density at radius 2 is 2.08 bits per heavy atom. The fourth-order valence-corrected chi connectivity index (χ4v) is 0.886. The zero-order chi connectivity index (χ0) is 8.97. The van der Waals surface area contributed by atoms with Gasteiger partial charge in [-0.25, -0.2) is 0 Å². The molecule has 0 unspecified atom stereocenters. The fraction of sp³-hybridized carbons (Fsp3) is 0.125. The summed E-state index contributed by atoms with van der Waals surface area (Å²) in [5, 5.41) is 9.62. The van der Waals surface area contributed by atoms with Crippen LogP contribution in [0.1, 0.15) is 5.56 Å². The van der Waals surface area contributed by atoms with Gasteiger partial charge in [0.05, 0.1) is 0 Å². The molecule has 6 N–H and O–H groups in total. The second-order valence-electron chi connectivity index (χ2n) is 2.47. The topological polar surface area (TPSA) is 87.9 Å². The molecule has 0 bridgehead atoms. The molecule has 0 atom stereocenters. The molecule has 1 rings (SSSR count). The van der Waals surface area contributed by atoms with Gasteiger partial charge < -0.3 is 16.8 Å². The predicted molar refractivity (Wildman–Crippen MR) is 49.6 cm³/mol. The smallest absolute Gasteiger partial charge is 0.185 e. The number of nitrogen functional groups attached to an aromatic ring is 1. The molecule has 0 fully saturated rings. The normalized spacial score (nSPS) is 9.33. The third-order valence-corrected chi connectivity index (χ3v) is 1.52. The van der Waals surface area contributed by atoms with Crippen LogP contribution in [0, 0.1) is 5.41 Å². The third kappa shape index (κ3) is 2.16. The van der Waals surface area contributed by atoms with Crippen molar-refractivity contribution < 1.29 is 0 Å². The van der Waals surface area contributed by atoms with E-state index in [1.165, 1.54) is 0 Å². The first kappa shape index (κ1) is 8.39. The van der Waals surface area contributed by atoms with Gasteiger partial charge in [0.15, 0.2) is 5.96 Å². The summed E-state index contributed by atoms with van der Waals surface area (Å²) in [6, 6.07) is 7.47. The van der Waals surface area contributed by atoms with Crippen molar-refractivity contribution in [1.82, 2.24) is 5.32 Å². The van der Waals surface area contributed by atoms with Crippen molar-refractivity contribution in [3.63, 3.8) is 0 Å². The van der Waals surface area contributed by atoms with Crippen LogP contribution >= 0.6 is 0 Å². The Morgan fingerprint density at radius 3 is 2.67 bits per heavy atom. The average molecular weight is 164 g/mol. The first-order valence-corrected chi connectivity index (χ1v) is 3.61. The van der Waals surface area contributed by atoms with Crippen molar-refractivity contribution in [2.24, 2.45) is 5.73 Å². The van der Waals surface area contributed by atoms with Crippen LogP contribution in [-0.2, 0) is 6.54 Å². The van der Waals surface area contributed by atoms with Crippen LogP contribution in [0.5, 0.6) is 0 Å². The summed E-state index contributed by atoms with van der Waals surface area (Å²) in [5.41, 5.74) is 12.4. The minimum Gasteiger partial charge on any atom is -0.398 e. The number of benzene rings is 1. The van der Waals surface area contributed by atoms with E-state index in [2.05, 4.69) is 5.32 Å². The molecule has 1 aromatic rings. The summed E-state index contributed by atoms with van der Waals surface area (Å²) in [7, 11) is 0. The minimum atomic E-state index is -0.0433. The van der Waals surface area contributed by atoms with Crippen LogP contribution < -0.4 is 16.8 Å². The lowest BCUT2D eigenvalue weighted by atomic mass is 10.2. The number of para-hydroxylation sites is 1. The number of anilines is 1. The number of guanidine groups is 1. The van der Waals surface area contributed by atoms with E-state index in [4.69, 9.17) is 16.9 Å². The van der Waals surface area contributed by atoms with Crippen molar-refractivity contribution in [3.05, 3.63) is 29.8 Å². The molecule has 0 heterocycles. The SMILES string of the molecule is N=C(N)NCc1ccccc1N. The highest BCUT2D eigenvalue weighted by atomic mass is 15.0. The van der Waals surface area contributed by atoms with Gasteiger partial charge in [0.2, 0.25) is 0 Å². The molecule has 1 aromatic carbocycles. The number of hydrogen-bond donors (Lipinski definition) is 4. The fourth-order valence-electron chi connectivity index (χ4n) is 0.886. The lowest BCUT2D eigenvalue weighted by Gasteiger charge is -2.05. The van der Waals surface area contributed by atoms with E-state index in [0.29, 0.717) is 12.2 Å². The molecule has 0 spiro atoms. The van der Waals surface area contributed by atoms with E-state index >= 15 is 0 Å². The maximum absolute atomic E-state index is 6.94. The van der Waals surface area contributed by atoms with Crippen molar-refractivity contribution >= 4 is 11.6 Å². The first-order valence-electron chi connectivity index (χ1n) is 3.61. The Bertz CT molecular complexity index is 282. The number of rotatable bonds is 2. The highest BCUT2D eigenvalue weighted by Crippen LogP contribution is 2.08. The van der Waals surface area contributed by atoms with Gasteiger partial charge in [-0.3, -0.25) is 5.41 Å². The highest BCUT2D eigenvalue weighted by Gasteiger charge is 1.96. The molecule has 0 aliphatic heterocycles. The van der Waals surface area contributed by atoms with E-state index in [-0.39, 0.29) is 5.96 Å². The van der Waals surface area contributed by atoms with E-state index in [9.17, 15) is 0 Å². The first-order chi connectivity index (χ1) is 5.70. The van der Waals surface area contributed by atoms with E-state index < -0.39 is 0 Å². The van der Waals surface area contributed by atoms with Crippen molar-refractivity contribution in [2.75, 3.05) is 5.73 Å². The molecule has 0 aliphatic rings. The molecule has 64 valence electrons. The van der Waals surface area contributed by atoms with Crippen molar-refractivity contribution in [3.8, 4) is 0 Å². The molecule has 0 aliphatic carbocycles. The number of hydrogen-bond acceptors (Lipinski definition) is 2. The van der Waals surface area contributed by atoms with Gasteiger partial charge in [-0.05, 0) is 11.6 Å². The van der Waals surface area contributed by atoms with E-state index in [1.54, 1.807) is 0 Å². The Kier molecular flexibility index (Phi) is 2.53. The van der Waals surface area contributed by atoms with Crippen LogP contribution in [-0.4, -0.2) is 5.96 Å². The second kappa shape index (κ2) is 3.61. The molecular weight excluding hydrogens is 152 g/mol. The molecule has 4 heteroatoms. The Labute approximate surface area is 71.1 Å². The Hall–Kier alpha value is -1.71. The average Bonchev–Trinajstić information content (AvgIpc) is 2.03. The molecule has 0 saturated heterocycles. The molecular formula is C8H12N4. The lowest BCUT2D eigenvalue weighted by molar-refractivity contribution is 0.899. The number of nitrogens with two attached hydrogens (primary N) is 2. The van der Waals surface area contributed by atoms with Crippen LogP contribution in [0.25, 0.3) is 0 Å². The third-order valence-electron chi connectivity index (χ3n) is 1.52. The molecule has 0 aromatic heterocycles. The standard InChI is InChI=1S/C8H12N4/c9-7-4-2-1-3-6(7)5-12-8(10)11/h1-4H,5,9H2,(H4,10,11,12). The van der Waals surface area contributed by atoms with Crippen LogP contribution in [0.4, 0.5) is 5.69 Å². The number of nitrogens with one attached hydrogen (secondary N) is 2. The lowest BCUT2D eigenvalue weighted by Crippen LogP contribution is -2.29. The zero-order valence-corrected chi connectivity index (χ0v) is 6.67. The zero-order valence-electron chi connectivity index (χ0n) is 6.67. The van der Waals surface area contributed by atoms with Gasteiger partial charge in [-0.1, -0.05) is 18.2 Å². The molecule has 0 radical (unpaired) electrons. The van der Waals surface area contributed by atoms with Gasteiger partial charge in [0.1, 0.15) is 0 Å². The quantitative estimate of drug-likeness (QED) is 0.287. The maximum atomic E-state index is 6.94. The van der Waals surface area contributed by atoms with Gasteiger partial charge in [0.25, 0.3) is 0 Å². The van der Waals surface area contributed by atoms with Crippen LogP contribution in [0.15, 0.2) is 24.3 Å². The molecule has 0 amide bonds. The van der Waals surface area contributed by atoms with Gasteiger partial charge in [-0.15, -0.1) is 0 Å². The molecule has 12 heavy (non-hydrogen) atoms. The summed E-state index contributed by atoms with van der Waals surface area (Å²) in [4.78, 5) is 0. The summed E-state index contributed by atoms with van der Waals surface area (Å²) >= 11 is 0. The minimum absolute atomic E-state index is 0.0433.